The lowest BCUT2D eigenvalue weighted by Crippen LogP contribution is -2.51. The van der Waals surface area contributed by atoms with E-state index >= 15 is 0 Å². The number of nitrogens with two attached hydrogens (primary N) is 1. The number of rotatable bonds is 3. The highest BCUT2D eigenvalue weighted by Gasteiger charge is 2.51. The summed E-state index contributed by atoms with van der Waals surface area (Å²) in [7, 11) is 0. The van der Waals surface area contributed by atoms with E-state index in [1.807, 2.05) is 0 Å². The van der Waals surface area contributed by atoms with Gasteiger partial charge in [-0.25, -0.2) is 4.39 Å². The second-order valence-corrected chi connectivity index (χ2v) is 5.07. The molecule has 1 fully saturated rings. The van der Waals surface area contributed by atoms with Gasteiger partial charge in [-0.1, -0.05) is 13.8 Å². The molecule has 2 heteroatoms. The van der Waals surface area contributed by atoms with Crippen LogP contribution in [0.25, 0.3) is 0 Å². The summed E-state index contributed by atoms with van der Waals surface area (Å²) in [5.41, 5.74) is 4.86. The van der Waals surface area contributed by atoms with Crippen molar-refractivity contribution in [2.75, 3.05) is 6.54 Å². The molecule has 0 bridgehead atoms. The molecule has 0 radical (unpaired) electrons. The molecule has 0 aromatic rings. The van der Waals surface area contributed by atoms with Gasteiger partial charge in [-0.2, -0.15) is 0 Å². The third-order valence-electron chi connectivity index (χ3n) is 2.76. The van der Waals surface area contributed by atoms with Gasteiger partial charge in [0, 0.05) is 0 Å². The van der Waals surface area contributed by atoms with Crippen molar-refractivity contribution in [1.29, 1.82) is 0 Å². The fourth-order valence-corrected chi connectivity index (χ4v) is 2.75. The lowest BCUT2D eigenvalue weighted by atomic mass is 9.58. The Balaban J connectivity index is 2.47. The van der Waals surface area contributed by atoms with E-state index in [-0.39, 0.29) is 5.41 Å². The Morgan fingerprint density at radius 3 is 2.17 bits per heavy atom. The topological polar surface area (TPSA) is 26.0 Å². The zero-order valence-corrected chi connectivity index (χ0v) is 8.36. The first-order valence-corrected chi connectivity index (χ1v) is 4.78. The molecule has 72 valence electrons. The van der Waals surface area contributed by atoms with Crippen molar-refractivity contribution in [3.63, 3.8) is 0 Å². The zero-order valence-electron chi connectivity index (χ0n) is 8.36. The van der Waals surface area contributed by atoms with Crippen LogP contribution in [0.3, 0.4) is 0 Å². The molecule has 0 spiro atoms. The fourth-order valence-electron chi connectivity index (χ4n) is 2.75. The van der Waals surface area contributed by atoms with Gasteiger partial charge in [0.05, 0.1) is 0 Å². The average molecular weight is 173 g/mol. The predicted molar refractivity (Wildman–Crippen MR) is 49.7 cm³/mol. The van der Waals surface area contributed by atoms with Crippen molar-refractivity contribution < 1.29 is 4.39 Å². The molecule has 0 saturated heterocycles. The normalized spacial score (nSPS) is 41.5. The third kappa shape index (κ3) is 1.98. The lowest BCUT2D eigenvalue weighted by molar-refractivity contribution is -0.0600. The Labute approximate surface area is 74.5 Å². The zero-order chi connectivity index (χ0) is 9.41. The molecule has 1 aliphatic carbocycles. The van der Waals surface area contributed by atoms with Crippen LogP contribution in [0.2, 0.25) is 0 Å². The van der Waals surface area contributed by atoms with Crippen LogP contribution >= 0.6 is 0 Å². The van der Waals surface area contributed by atoms with E-state index in [9.17, 15) is 4.39 Å². The third-order valence-corrected chi connectivity index (χ3v) is 2.76. The second kappa shape index (κ2) is 2.99. The van der Waals surface area contributed by atoms with Crippen LogP contribution in [0.15, 0.2) is 0 Å². The largest absolute Gasteiger partial charge is 0.330 e. The minimum absolute atomic E-state index is 0.123. The summed E-state index contributed by atoms with van der Waals surface area (Å²) in [6.45, 7) is 6.67. The first-order valence-electron chi connectivity index (χ1n) is 4.78. The molecular formula is C10H20FN. The van der Waals surface area contributed by atoms with Gasteiger partial charge in [-0.05, 0) is 44.1 Å². The molecule has 1 rings (SSSR count). The van der Waals surface area contributed by atoms with Crippen molar-refractivity contribution in [3.8, 4) is 0 Å². The number of hydrogen-bond donors (Lipinski definition) is 1. The summed E-state index contributed by atoms with van der Waals surface area (Å²) < 4.78 is 13.3. The van der Waals surface area contributed by atoms with Crippen LogP contribution in [0.1, 0.15) is 40.0 Å². The molecule has 0 amide bonds. The average Bonchev–Trinajstić information content (AvgIpc) is 1.81. The highest BCUT2D eigenvalue weighted by Crippen LogP contribution is 2.53. The predicted octanol–water partition coefficient (Wildman–Crippen LogP) is 2.50. The molecule has 0 aromatic heterocycles. The minimum atomic E-state index is -0.936. The van der Waals surface area contributed by atoms with Gasteiger partial charge < -0.3 is 5.73 Å². The van der Waals surface area contributed by atoms with Crippen molar-refractivity contribution in [3.05, 3.63) is 0 Å². The summed E-state index contributed by atoms with van der Waals surface area (Å²) in [6, 6.07) is 0. The quantitative estimate of drug-likeness (QED) is 0.697. The first-order chi connectivity index (χ1) is 5.39. The molecule has 2 N–H and O–H groups in total. The van der Waals surface area contributed by atoms with E-state index in [0.29, 0.717) is 25.3 Å². The van der Waals surface area contributed by atoms with Crippen LogP contribution in [0.5, 0.6) is 0 Å². The molecule has 0 unspecified atom stereocenters. The highest BCUT2D eigenvalue weighted by atomic mass is 19.1. The van der Waals surface area contributed by atoms with E-state index < -0.39 is 5.67 Å². The number of halogens is 1. The molecule has 0 atom stereocenters. The molecule has 0 heterocycles. The highest BCUT2D eigenvalue weighted by molar-refractivity contribution is 5.02. The summed E-state index contributed by atoms with van der Waals surface area (Å²) in [5.74, 6) is 0.629. The van der Waals surface area contributed by atoms with Crippen LogP contribution in [0, 0.1) is 11.3 Å². The Morgan fingerprint density at radius 2 is 1.92 bits per heavy atom. The van der Waals surface area contributed by atoms with Crippen molar-refractivity contribution in [2.24, 2.45) is 17.1 Å². The summed E-state index contributed by atoms with van der Waals surface area (Å²) in [4.78, 5) is 0. The summed E-state index contributed by atoms with van der Waals surface area (Å²) in [6.07, 6.45) is 2.40. The van der Waals surface area contributed by atoms with E-state index in [2.05, 4.69) is 13.8 Å². The molecular weight excluding hydrogens is 153 g/mol. The molecule has 0 aliphatic heterocycles. The SMILES string of the molecule is CC(C)CC1(CN)CC(C)(F)C1. The maximum atomic E-state index is 13.3. The van der Waals surface area contributed by atoms with E-state index in [1.54, 1.807) is 6.92 Å². The number of hydrogen-bond acceptors (Lipinski definition) is 1. The maximum absolute atomic E-state index is 13.3. The van der Waals surface area contributed by atoms with Crippen LogP contribution in [0.4, 0.5) is 4.39 Å². The fraction of sp³-hybridized carbons (Fsp3) is 1.00. The Bertz CT molecular complexity index is 150. The van der Waals surface area contributed by atoms with E-state index in [0.717, 1.165) is 6.42 Å². The standard InChI is InChI=1S/C10H20FN/c1-8(2)4-10(7-12)5-9(3,11)6-10/h8H,4-7,12H2,1-3H3. The van der Waals surface area contributed by atoms with Gasteiger partial charge in [0.15, 0.2) is 0 Å². The molecule has 1 saturated carbocycles. The van der Waals surface area contributed by atoms with Crippen molar-refractivity contribution >= 4 is 0 Å². The van der Waals surface area contributed by atoms with Gasteiger partial charge in [-0.3, -0.25) is 0 Å². The Hall–Kier alpha value is -0.110. The van der Waals surface area contributed by atoms with Gasteiger partial charge in [0.25, 0.3) is 0 Å². The maximum Gasteiger partial charge on any atom is 0.109 e. The summed E-state index contributed by atoms with van der Waals surface area (Å²) >= 11 is 0. The van der Waals surface area contributed by atoms with Crippen LogP contribution in [-0.2, 0) is 0 Å². The Morgan fingerprint density at radius 1 is 1.42 bits per heavy atom. The monoisotopic (exact) mass is 173 g/mol. The van der Waals surface area contributed by atoms with Gasteiger partial charge >= 0.3 is 0 Å². The van der Waals surface area contributed by atoms with Crippen molar-refractivity contribution in [2.45, 2.75) is 45.7 Å². The van der Waals surface area contributed by atoms with Crippen LogP contribution < -0.4 is 5.73 Å². The number of alkyl halides is 1. The lowest BCUT2D eigenvalue weighted by Gasteiger charge is -2.50. The molecule has 1 nitrogen and oxygen atoms in total. The van der Waals surface area contributed by atoms with E-state index in [1.165, 1.54) is 0 Å². The van der Waals surface area contributed by atoms with E-state index in [4.69, 9.17) is 5.73 Å². The second-order valence-electron chi connectivity index (χ2n) is 5.07. The molecule has 1 aliphatic rings. The van der Waals surface area contributed by atoms with Crippen molar-refractivity contribution in [1.82, 2.24) is 0 Å². The van der Waals surface area contributed by atoms with Gasteiger partial charge in [-0.15, -0.1) is 0 Å². The van der Waals surface area contributed by atoms with Gasteiger partial charge in [0.1, 0.15) is 5.67 Å². The first kappa shape index (κ1) is 9.97. The smallest absolute Gasteiger partial charge is 0.109 e. The molecule has 0 aromatic carbocycles. The van der Waals surface area contributed by atoms with Crippen LogP contribution in [-0.4, -0.2) is 12.2 Å². The van der Waals surface area contributed by atoms with Gasteiger partial charge in [0.2, 0.25) is 0 Å². The molecule has 12 heavy (non-hydrogen) atoms. The summed E-state index contributed by atoms with van der Waals surface area (Å²) in [5, 5.41) is 0. The Kier molecular flexibility index (Phi) is 2.48. The minimum Gasteiger partial charge on any atom is -0.330 e.